The SMILES string of the molecule is CCc1cccc(C)c1NC(=O)C(C)n1cnc2scc(-c3ccc([N+](=O)[O-])cc3)c2c1=O. The van der Waals surface area contributed by atoms with Crippen molar-refractivity contribution in [3.05, 3.63) is 85.8 Å². The Bertz CT molecular complexity index is 1420. The van der Waals surface area contributed by atoms with Gasteiger partial charge in [0.05, 0.1) is 16.6 Å². The number of aryl methyl sites for hydroxylation is 2. The third-order valence-corrected chi connectivity index (χ3v) is 6.58. The normalized spacial score (nSPS) is 12.0. The first kappa shape index (κ1) is 22.3. The first-order valence-corrected chi connectivity index (χ1v) is 11.3. The van der Waals surface area contributed by atoms with Crippen molar-refractivity contribution in [2.45, 2.75) is 33.2 Å². The second-order valence-electron chi connectivity index (χ2n) is 7.72. The van der Waals surface area contributed by atoms with Crippen LogP contribution in [0.25, 0.3) is 21.3 Å². The third-order valence-electron chi connectivity index (χ3n) is 5.69. The van der Waals surface area contributed by atoms with Crippen LogP contribution in [0.4, 0.5) is 11.4 Å². The van der Waals surface area contributed by atoms with E-state index in [1.165, 1.54) is 34.4 Å². The molecule has 2 heterocycles. The van der Waals surface area contributed by atoms with Crippen LogP contribution >= 0.6 is 11.3 Å². The van der Waals surface area contributed by atoms with Gasteiger partial charge in [-0.2, -0.15) is 0 Å². The highest BCUT2D eigenvalue weighted by molar-refractivity contribution is 7.17. The van der Waals surface area contributed by atoms with Gasteiger partial charge in [-0.1, -0.05) is 25.1 Å². The molecular formula is C24H22N4O4S. The largest absolute Gasteiger partial charge is 0.324 e. The first-order chi connectivity index (χ1) is 15.8. The Morgan fingerprint density at radius 2 is 1.97 bits per heavy atom. The number of carbonyl (C=O) groups is 1. The number of non-ortho nitro benzene ring substituents is 1. The van der Waals surface area contributed by atoms with Gasteiger partial charge in [-0.3, -0.25) is 24.3 Å². The zero-order chi connectivity index (χ0) is 23.7. The molecule has 0 radical (unpaired) electrons. The number of thiophene rings is 1. The average molecular weight is 463 g/mol. The smallest absolute Gasteiger partial charge is 0.269 e. The van der Waals surface area contributed by atoms with E-state index in [0.29, 0.717) is 21.3 Å². The highest BCUT2D eigenvalue weighted by Crippen LogP contribution is 2.32. The van der Waals surface area contributed by atoms with E-state index in [2.05, 4.69) is 10.3 Å². The molecule has 1 atom stereocenters. The van der Waals surface area contributed by atoms with Crippen molar-refractivity contribution < 1.29 is 9.72 Å². The number of nitro benzene ring substituents is 1. The van der Waals surface area contributed by atoms with Crippen LogP contribution in [0.2, 0.25) is 0 Å². The highest BCUT2D eigenvalue weighted by Gasteiger charge is 2.21. The van der Waals surface area contributed by atoms with Crippen molar-refractivity contribution in [2.75, 3.05) is 5.32 Å². The summed E-state index contributed by atoms with van der Waals surface area (Å²) in [5.41, 5.74) is 3.69. The lowest BCUT2D eigenvalue weighted by Crippen LogP contribution is -2.32. The van der Waals surface area contributed by atoms with Crippen LogP contribution in [0, 0.1) is 17.0 Å². The quantitative estimate of drug-likeness (QED) is 0.317. The number of anilines is 1. The number of hydrogen-bond donors (Lipinski definition) is 1. The number of fused-ring (bicyclic) bond motifs is 1. The molecule has 0 saturated heterocycles. The van der Waals surface area contributed by atoms with Crippen LogP contribution in [-0.2, 0) is 11.2 Å². The van der Waals surface area contributed by atoms with Crippen LogP contribution in [0.1, 0.15) is 31.0 Å². The summed E-state index contributed by atoms with van der Waals surface area (Å²) in [7, 11) is 0. The molecule has 2 aromatic carbocycles. The second-order valence-corrected chi connectivity index (χ2v) is 8.58. The zero-order valence-corrected chi connectivity index (χ0v) is 19.2. The Balaban J connectivity index is 1.71. The predicted octanol–water partition coefficient (Wildman–Crippen LogP) is 5.10. The number of carbonyl (C=O) groups excluding carboxylic acids is 1. The Labute approximate surface area is 193 Å². The molecule has 0 spiro atoms. The van der Waals surface area contributed by atoms with Gasteiger partial charge in [0, 0.05) is 28.8 Å². The molecule has 33 heavy (non-hydrogen) atoms. The summed E-state index contributed by atoms with van der Waals surface area (Å²) in [6.07, 6.45) is 2.16. The molecule has 168 valence electrons. The van der Waals surface area contributed by atoms with Gasteiger partial charge in [0.25, 0.3) is 11.2 Å². The van der Waals surface area contributed by atoms with Crippen molar-refractivity contribution >= 4 is 38.8 Å². The molecular weight excluding hydrogens is 440 g/mol. The fourth-order valence-electron chi connectivity index (χ4n) is 3.75. The summed E-state index contributed by atoms with van der Waals surface area (Å²) in [6.45, 7) is 5.61. The molecule has 0 aliphatic rings. The summed E-state index contributed by atoms with van der Waals surface area (Å²) in [4.78, 5) is 41.9. The van der Waals surface area contributed by atoms with Gasteiger partial charge in [-0.25, -0.2) is 4.98 Å². The van der Waals surface area contributed by atoms with Crippen molar-refractivity contribution in [2.24, 2.45) is 0 Å². The first-order valence-electron chi connectivity index (χ1n) is 10.4. The Kier molecular flexibility index (Phi) is 6.06. The minimum atomic E-state index is -0.789. The molecule has 8 nitrogen and oxygen atoms in total. The van der Waals surface area contributed by atoms with Crippen molar-refractivity contribution in [3.8, 4) is 11.1 Å². The van der Waals surface area contributed by atoms with Crippen LogP contribution in [0.15, 0.2) is 59.0 Å². The van der Waals surface area contributed by atoms with E-state index < -0.39 is 11.0 Å². The fraction of sp³-hybridized carbons (Fsp3) is 0.208. The number of aromatic nitrogens is 2. The third kappa shape index (κ3) is 4.14. The number of nitrogens with zero attached hydrogens (tertiary/aromatic N) is 3. The molecule has 0 aliphatic carbocycles. The van der Waals surface area contributed by atoms with E-state index in [0.717, 1.165) is 23.2 Å². The van der Waals surface area contributed by atoms with Gasteiger partial charge >= 0.3 is 0 Å². The van der Waals surface area contributed by atoms with Crippen LogP contribution < -0.4 is 10.9 Å². The number of rotatable bonds is 6. The van der Waals surface area contributed by atoms with Gasteiger partial charge in [0.15, 0.2) is 0 Å². The number of amides is 1. The maximum atomic E-state index is 13.4. The Hall–Kier alpha value is -3.85. The minimum absolute atomic E-state index is 0.0261. The van der Waals surface area contributed by atoms with Crippen molar-refractivity contribution in [1.82, 2.24) is 9.55 Å². The van der Waals surface area contributed by atoms with Gasteiger partial charge in [0.2, 0.25) is 5.91 Å². The second kappa shape index (κ2) is 8.95. The average Bonchev–Trinajstić information content (AvgIpc) is 3.25. The lowest BCUT2D eigenvalue weighted by atomic mass is 10.1. The van der Waals surface area contributed by atoms with Gasteiger partial charge in [-0.05, 0) is 49.1 Å². The maximum absolute atomic E-state index is 13.4. The predicted molar refractivity (Wildman–Crippen MR) is 130 cm³/mol. The summed E-state index contributed by atoms with van der Waals surface area (Å²) in [5, 5.41) is 16.1. The number of hydrogen-bond acceptors (Lipinski definition) is 6. The van der Waals surface area contributed by atoms with Gasteiger partial charge in [0.1, 0.15) is 10.9 Å². The Morgan fingerprint density at radius 3 is 2.64 bits per heavy atom. The lowest BCUT2D eigenvalue weighted by molar-refractivity contribution is -0.384. The standard InChI is InChI=1S/C24H22N4O4S/c1-4-16-7-5-6-14(2)21(16)26-22(29)15(3)27-13-25-23-20(24(27)30)19(12-33-23)17-8-10-18(11-9-17)28(31)32/h5-13,15H,4H2,1-3H3,(H,26,29). The summed E-state index contributed by atoms with van der Waals surface area (Å²) < 4.78 is 1.32. The molecule has 1 unspecified atom stereocenters. The van der Waals surface area contributed by atoms with E-state index in [1.807, 2.05) is 32.0 Å². The molecule has 4 rings (SSSR count). The number of benzene rings is 2. The molecule has 2 aromatic heterocycles. The monoisotopic (exact) mass is 462 g/mol. The summed E-state index contributed by atoms with van der Waals surface area (Å²) >= 11 is 1.31. The number of nitro groups is 1. The zero-order valence-electron chi connectivity index (χ0n) is 18.4. The van der Waals surface area contributed by atoms with E-state index in [1.54, 1.807) is 24.4 Å². The summed E-state index contributed by atoms with van der Waals surface area (Å²) in [6, 6.07) is 11.1. The van der Waals surface area contributed by atoms with E-state index in [-0.39, 0.29) is 17.2 Å². The van der Waals surface area contributed by atoms with Crippen molar-refractivity contribution in [3.63, 3.8) is 0 Å². The molecule has 1 N–H and O–H groups in total. The molecule has 0 bridgehead atoms. The van der Waals surface area contributed by atoms with Crippen LogP contribution in [-0.4, -0.2) is 20.4 Å². The van der Waals surface area contributed by atoms with Gasteiger partial charge < -0.3 is 5.32 Å². The lowest BCUT2D eigenvalue weighted by Gasteiger charge is -2.18. The molecule has 0 saturated carbocycles. The topological polar surface area (TPSA) is 107 Å². The Morgan fingerprint density at radius 1 is 1.24 bits per heavy atom. The van der Waals surface area contributed by atoms with E-state index in [9.17, 15) is 19.7 Å². The molecule has 0 fully saturated rings. The van der Waals surface area contributed by atoms with E-state index in [4.69, 9.17) is 0 Å². The highest BCUT2D eigenvalue weighted by atomic mass is 32.1. The molecule has 0 aliphatic heterocycles. The number of nitrogens with one attached hydrogen (secondary N) is 1. The maximum Gasteiger partial charge on any atom is 0.269 e. The molecule has 4 aromatic rings. The molecule has 9 heteroatoms. The van der Waals surface area contributed by atoms with Crippen LogP contribution in [0.3, 0.4) is 0 Å². The minimum Gasteiger partial charge on any atom is -0.324 e. The summed E-state index contributed by atoms with van der Waals surface area (Å²) in [5.74, 6) is -0.311. The van der Waals surface area contributed by atoms with Crippen LogP contribution in [0.5, 0.6) is 0 Å². The fourth-order valence-corrected chi connectivity index (χ4v) is 4.66. The van der Waals surface area contributed by atoms with E-state index >= 15 is 0 Å². The molecule has 1 amide bonds. The number of para-hydroxylation sites is 1. The van der Waals surface area contributed by atoms with Gasteiger partial charge in [-0.15, -0.1) is 11.3 Å². The van der Waals surface area contributed by atoms with Crippen molar-refractivity contribution in [1.29, 1.82) is 0 Å².